The molecule has 1 aliphatic rings. The molecule has 3 rings (SSSR count). The van der Waals surface area contributed by atoms with E-state index in [1.54, 1.807) is 17.5 Å². The predicted octanol–water partition coefficient (Wildman–Crippen LogP) is 3.25. The fraction of sp³-hybridized carbons (Fsp3) is 0.450. The fourth-order valence-corrected chi connectivity index (χ4v) is 5.87. The second kappa shape index (κ2) is 9.07. The average Bonchev–Trinajstić information content (AvgIpc) is 3.37. The zero-order chi connectivity index (χ0) is 20.1. The van der Waals surface area contributed by atoms with Crippen LogP contribution < -0.4 is 10.1 Å². The molecule has 1 unspecified atom stereocenters. The van der Waals surface area contributed by atoms with Crippen molar-refractivity contribution < 1.29 is 17.9 Å². The van der Waals surface area contributed by atoms with Gasteiger partial charge in [0, 0.05) is 13.1 Å². The maximum Gasteiger partial charge on any atom is 0.253 e. The van der Waals surface area contributed by atoms with Gasteiger partial charge in [-0.25, -0.2) is 8.42 Å². The van der Waals surface area contributed by atoms with Gasteiger partial charge < -0.3 is 10.1 Å². The highest BCUT2D eigenvalue weighted by Gasteiger charge is 2.39. The number of carbonyl (C=O) groups is 1. The van der Waals surface area contributed by atoms with E-state index in [2.05, 4.69) is 19.2 Å². The lowest BCUT2D eigenvalue weighted by Crippen LogP contribution is -2.45. The van der Waals surface area contributed by atoms with Gasteiger partial charge >= 0.3 is 0 Å². The molecule has 0 aliphatic carbocycles. The van der Waals surface area contributed by atoms with Crippen LogP contribution in [0, 0.1) is 5.92 Å². The first-order chi connectivity index (χ1) is 13.4. The summed E-state index contributed by atoms with van der Waals surface area (Å²) >= 11 is 1.17. The van der Waals surface area contributed by atoms with E-state index in [4.69, 9.17) is 4.74 Å². The van der Waals surface area contributed by atoms with Crippen molar-refractivity contribution in [2.45, 2.75) is 43.5 Å². The van der Waals surface area contributed by atoms with Crippen molar-refractivity contribution in [1.29, 1.82) is 0 Å². The summed E-state index contributed by atoms with van der Waals surface area (Å²) in [6.45, 7) is 5.57. The van der Waals surface area contributed by atoms with Gasteiger partial charge in [-0.1, -0.05) is 32.0 Å². The van der Waals surface area contributed by atoms with Crippen LogP contribution in [0.5, 0.6) is 5.75 Å². The molecule has 1 atom stereocenters. The van der Waals surface area contributed by atoms with Crippen molar-refractivity contribution in [3.8, 4) is 5.75 Å². The van der Waals surface area contributed by atoms with E-state index < -0.39 is 16.1 Å². The molecule has 1 aromatic heterocycles. The number of nitrogens with zero attached hydrogens (tertiary/aromatic N) is 1. The SMILES string of the molecule is CC(C)COc1ccc(CNC(=O)C2CCCN2S(=O)(=O)c2cccs2)cc1. The molecule has 0 radical (unpaired) electrons. The minimum absolute atomic E-state index is 0.252. The van der Waals surface area contributed by atoms with Crippen molar-refractivity contribution >= 4 is 27.3 Å². The molecular weight excluding hydrogens is 396 g/mol. The molecular formula is C20H26N2O4S2. The summed E-state index contributed by atoms with van der Waals surface area (Å²) < 4.78 is 32.8. The summed E-state index contributed by atoms with van der Waals surface area (Å²) in [5, 5.41) is 4.60. The second-order valence-corrected chi connectivity index (χ2v) is 10.3. The Morgan fingerprint density at radius 2 is 2.04 bits per heavy atom. The highest BCUT2D eigenvalue weighted by molar-refractivity contribution is 7.91. The number of benzene rings is 1. The van der Waals surface area contributed by atoms with Crippen LogP contribution in [0.2, 0.25) is 0 Å². The minimum Gasteiger partial charge on any atom is -0.493 e. The first kappa shape index (κ1) is 20.8. The zero-order valence-electron chi connectivity index (χ0n) is 16.1. The third-order valence-electron chi connectivity index (χ3n) is 4.54. The number of rotatable bonds is 8. The van der Waals surface area contributed by atoms with Gasteiger partial charge in [0.2, 0.25) is 5.91 Å². The summed E-state index contributed by atoms with van der Waals surface area (Å²) in [5.74, 6) is 1.00. The summed E-state index contributed by atoms with van der Waals surface area (Å²) in [7, 11) is -3.62. The lowest BCUT2D eigenvalue weighted by Gasteiger charge is -2.22. The van der Waals surface area contributed by atoms with E-state index in [9.17, 15) is 13.2 Å². The van der Waals surface area contributed by atoms with Crippen LogP contribution in [0.3, 0.4) is 0 Å². The molecule has 6 nitrogen and oxygen atoms in total. The molecule has 1 aromatic carbocycles. The smallest absolute Gasteiger partial charge is 0.253 e. The molecule has 0 spiro atoms. The topological polar surface area (TPSA) is 75.7 Å². The quantitative estimate of drug-likeness (QED) is 0.709. The third-order valence-corrected chi connectivity index (χ3v) is 7.82. The molecule has 28 heavy (non-hydrogen) atoms. The zero-order valence-corrected chi connectivity index (χ0v) is 17.8. The Labute approximate surface area is 170 Å². The number of ether oxygens (including phenoxy) is 1. The van der Waals surface area contributed by atoms with Gasteiger partial charge in [-0.2, -0.15) is 4.31 Å². The van der Waals surface area contributed by atoms with E-state index in [1.165, 1.54) is 15.6 Å². The molecule has 2 heterocycles. The van der Waals surface area contributed by atoms with Crippen LogP contribution in [0.15, 0.2) is 46.0 Å². The van der Waals surface area contributed by atoms with Crippen molar-refractivity contribution in [2.75, 3.05) is 13.2 Å². The minimum atomic E-state index is -3.62. The predicted molar refractivity (Wildman–Crippen MR) is 110 cm³/mol. The molecule has 1 amide bonds. The van der Waals surface area contributed by atoms with Gasteiger partial charge in [0.1, 0.15) is 16.0 Å². The largest absolute Gasteiger partial charge is 0.493 e. The number of carbonyl (C=O) groups excluding carboxylic acids is 1. The molecule has 1 N–H and O–H groups in total. The maximum atomic E-state index is 12.8. The van der Waals surface area contributed by atoms with Gasteiger partial charge in [0.15, 0.2) is 0 Å². The summed E-state index contributed by atoms with van der Waals surface area (Å²) in [6, 6.07) is 10.2. The second-order valence-electron chi connectivity index (χ2n) is 7.27. The summed E-state index contributed by atoms with van der Waals surface area (Å²) in [5.41, 5.74) is 0.941. The Kier molecular flexibility index (Phi) is 6.74. The van der Waals surface area contributed by atoms with Crippen LogP contribution in [-0.4, -0.2) is 37.8 Å². The average molecular weight is 423 g/mol. The number of sulfonamides is 1. The van der Waals surface area contributed by atoms with Crippen molar-refractivity contribution in [1.82, 2.24) is 9.62 Å². The van der Waals surface area contributed by atoms with E-state index in [0.717, 1.165) is 11.3 Å². The Morgan fingerprint density at radius 3 is 2.68 bits per heavy atom. The number of hydrogen-bond donors (Lipinski definition) is 1. The molecule has 0 saturated carbocycles. The van der Waals surface area contributed by atoms with E-state index >= 15 is 0 Å². The Morgan fingerprint density at radius 1 is 1.29 bits per heavy atom. The number of nitrogens with one attached hydrogen (secondary N) is 1. The maximum absolute atomic E-state index is 12.8. The summed E-state index contributed by atoms with van der Waals surface area (Å²) in [4.78, 5) is 12.7. The van der Waals surface area contributed by atoms with Gasteiger partial charge in [0.25, 0.3) is 10.0 Å². The molecule has 1 fully saturated rings. The lowest BCUT2D eigenvalue weighted by atomic mass is 10.2. The first-order valence-electron chi connectivity index (χ1n) is 9.42. The van der Waals surface area contributed by atoms with Crippen LogP contribution >= 0.6 is 11.3 Å². The molecule has 0 bridgehead atoms. The monoisotopic (exact) mass is 422 g/mol. The van der Waals surface area contributed by atoms with Crippen LogP contribution in [0.4, 0.5) is 0 Å². The Hall–Kier alpha value is -1.90. The lowest BCUT2D eigenvalue weighted by molar-refractivity contribution is -0.124. The Balaban J connectivity index is 1.58. The van der Waals surface area contributed by atoms with Gasteiger partial charge in [-0.3, -0.25) is 4.79 Å². The van der Waals surface area contributed by atoms with E-state index in [0.29, 0.717) is 38.5 Å². The first-order valence-corrected chi connectivity index (χ1v) is 11.7. The summed E-state index contributed by atoms with van der Waals surface area (Å²) in [6.07, 6.45) is 1.23. The van der Waals surface area contributed by atoms with Crippen molar-refractivity contribution in [2.24, 2.45) is 5.92 Å². The highest BCUT2D eigenvalue weighted by Crippen LogP contribution is 2.28. The Bertz CT molecular complexity index is 877. The molecule has 1 aliphatic heterocycles. The van der Waals surface area contributed by atoms with E-state index in [1.807, 2.05) is 24.3 Å². The molecule has 2 aromatic rings. The molecule has 1 saturated heterocycles. The standard InChI is InChI=1S/C20H26N2O4S2/c1-15(2)14-26-17-9-7-16(8-10-17)13-21-20(23)18-5-3-11-22(18)28(24,25)19-6-4-12-27-19/h4,6-10,12,15,18H,3,5,11,13-14H2,1-2H3,(H,21,23). The third kappa shape index (κ3) is 4.92. The van der Waals surface area contributed by atoms with Crippen molar-refractivity contribution in [3.05, 3.63) is 47.3 Å². The molecule has 8 heteroatoms. The van der Waals surface area contributed by atoms with E-state index in [-0.39, 0.29) is 10.1 Å². The van der Waals surface area contributed by atoms with Crippen molar-refractivity contribution in [3.63, 3.8) is 0 Å². The van der Waals surface area contributed by atoms with Crippen LogP contribution in [-0.2, 0) is 21.4 Å². The number of thiophene rings is 1. The highest BCUT2D eigenvalue weighted by atomic mass is 32.2. The number of amides is 1. The number of hydrogen-bond acceptors (Lipinski definition) is 5. The fourth-order valence-electron chi connectivity index (χ4n) is 3.09. The van der Waals surface area contributed by atoms with Gasteiger partial charge in [-0.05, 0) is 47.9 Å². The van der Waals surface area contributed by atoms with Crippen LogP contribution in [0.25, 0.3) is 0 Å². The normalized spacial score (nSPS) is 17.8. The van der Waals surface area contributed by atoms with Gasteiger partial charge in [0.05, 0.1) is 6.61 Å². The van der Waals surface area contributed by atoms with Gasteiger partial charge in [-0.15, -0.1) is 11.3 Å². The van der Waals surface area contributed by atoms with Crippen LogP contribution in [0.1, 0.15) is 32.3 Å². The molecule has 152 valence electrons.